The van der Waals surface area contributed by atoms with Crippen molar-refractivity contribution in [3.63, 3.8) is 0 Å². The van der Waals surface area contributed by atoms with Crippen molar-refractivity contribution in [3.05, 3.63) is 22.4 Å². The first-order valence-corrected chi connectivity index (χ1v) is 8.16. The maximum Gasteiger partial charge on any atom is 0.222 e. The molecule has 3 unspecified atom stereocenters. The van der Waals surface area contributed by atoms with Gasteiger partial charge in [0.2, 0.25) is 5.91 Å². The van der Waals surface area contributed by atoms with Crippen molar-refractivity contribution in [2.45, 2.75) is 57.8 Å². The van der Waals surface area contributed by atoms with E-state index in [0.29, 0.717) is 18.1 Å². The Hall–Kier alpha value is -0.870. The summed E-state index contributed by atoms with van der Waals surface area (Å²) in [4.78, 5) is 14.5. The summed E-state index contributed by atoms with van der Waals surface area (Å²) in [5, 5.41) is 7.62. The van der Waals surface area contributed by atoms with Crippen LogP contribution in [0.15, 0.2) is 16.8 Å². The minimum atomic E-state index is 0.0875. The van der Waals surface area contributed by atoms with E-state index in [-0.39, 0.29) is 11.8 Å². The van der Waals surface area contributed by atoms with Crippen LogP contribution in [0.1, 0.15) is 38.7 Å². The van der Waals surface area contributed by atoms with E-state index < -0.39 is 0 Å². The van der Waals surface area contributed by atoms with Crippen LogP contribution in [0.25, 0.3) is 0 Å². The van der Waals surface area contributed by atoms with E-state index in [9.17, 15) is 4.79 Å². The molecule has 3 heterocycles. The number of carbonyl (C=O) groups excluding carboxylic acids is 1. The second-order valence-corrected chi connectivity index (χ2v) is 6.89. The van der Waals surface area contributed by atoms with Crippen LogP contribution in [0.3, 0.4) is 0 Å². The summed E-state index contributed by atoms with van der Waals surface area (Å²) in [5.74, 6) is 0.289. The molecule has 3 nitrogen and oxygen atoms in total. The highest BCUT2D eigenvalue weighted by Crippen LogP contribution is 2.39. The normalized spacial score (nSPS) is 30.2. The predicted octanol–water partition coefficient (Wildman–Crippen LogP) is 2.63. The van der Waals surface area contributed by atoms with Gasteiger partial charge in [-0.3, -0.25) is 9.69 Å². The monoisotopic (exact) mass is 278 g/mol. The number of fused-ring (bicyclic) bond motifs is 2. The van der Waals surface area contributed by atoms with E-state index in [1.165, 1.54) is 18.4 Å². The molecule has 2 fully saturated rings. The second kappa shape index (κ2) is 5.25. The maximum atomic E-state index is 11.9. The molecule has 104 valence electrons. The lowest BCUT2D eigenvalue weighted by molar-refractivity contribution is -0.124. The standard InChI is InChI=1S/C15H22N2OS/c1-10(2)15(18)16-13-7-12-3-4-14(13)17(12)8-11-5-6-19-9-11/h5-6,9-10,12-14H,3-4,7-8H2,1-2H3,(H,16,18). The summed E-state index contributed by atoms with van der Waals surface area (Å²) in [6.07, 6.45) is 3.66. The van der Waals surface area contributed by atoms with Crippen LogP contribution in [0.2, 0.25) is 0 Å². The van der Waals surface area contributed by atoms with Gasteiger partial charge in [0.15, 0.2) is 0 Å². The molecule has 1 aromatic heterocycles. The van der Waals surface area contributed by atoms with Gasteiger partial charge in [0.1, 0.15) is 0 Å². The molecule has 3 rings (SSSR count). The summed E-state index contributed by atoms with van der Waals surface area (Å²) >= 11 is 1.76. The minimum absolute atomic E-state index is 0.0875. The third-order valence-electron chi connectivity index (χ3n) is 4.48. The molecule has 1 N–H and O–H groups in total. The summed E-state index contributed by atoms with van der Waals surface area (Å²) in [6.45, 7) is 4.98. The van der Waals surface area contributed by atoms with Gasteiger partial charge < -0.3 is 5.32 Å². The third kappa shape index (κ3) is 2.56. The lowest BCUT2D eigenvalue weighted by Gasteiger charge is -2.25. The Morgan fingerprint density at radius 1 is 1.53 bits per heavy atom. The van der Waals surface area contributed by atoms with Crippen molar-refractivity contribution in [1.29, 1.82) is 0 Å². The van der Waals surface area contributed by atoms with Gasteiger partial charge >= 0.3 is 0 Å². The topological polar surface area (TPSA) is 32.3 Å². The number of carbonyl (C=O) groups is 1. The molecule has 2 aliphatic heterocycles. The van der Waals surface area contributed by atoms with Crippen molar-refractivity contribution >= 4 is 17.2 Å². The number of amides is 1. The third-order valence-corrected chi connectivity index (χ3v) is 5.21. The number of hydrogen-bond donors (Lipinski definition) is 1. The molecule has 3 atom stereocenters. The second-order valence-electron chi connectivity index (χ2n) is 6.11. The number of hydrogen-bond acceptors (Lipinski definition) is 3. The number of thiophene rings is 1. The van der Waals surface area contributed by atoms with Gasteiger partial charge in [0.25, 0.3) is 0 Å². The van der Waals surface area contributed by atoms with Crippen LogP contribution in [-0.2, 0) is 11.3 Å². The zero-order chi connectivity index (χ0) is 13.4. The summed E-state index contributed by atoms with van der Waals surface area (Å²) in [7, 11) is 0. The Balaban J connectivity index is 1.64. The average molecular weight is 278 g/mol. The lowest BCUT2D eigenvalue weighted by Crippen LogP contribution is -2.45. The van der Waals surface area contributed by atoms with E-state index in [0.717, 1.165) is 13.0 Å². The Labute approximate surface area is 119 Å². The Bertz CT molecular complexity index is 443. The summed E-state index contributed by atoms with van der Waals surface area (Å²) in [6, 6.07) is 3.80. The molecule has 0 saturated carbocycles. The fourth-order valence-electron chi connectivity index (χ4n) is 3.45. The quantitative estimate of drug-likeness (QED) is 0.918. The molecular weight excluding hydrogens is 256 g/mol. The van der Waals surface area contributed by atoms with Gasteiger partial charge in [0.05, 0.1) is 0 Å². The van der Waals surface area contributed by atoms with Crippen LogP contribution in [0, 0.1) is 5.92 Å². The van der Waals surface area contributed by atoms with Crippen LogP contribution < -0.4 is 5.32 Å². The van der Waals surface area contributed by atoms with E-state index in [1.807, 2.05) is 13.8 Å². The van der Waals surface area contributed by atoms with Crippen molar-refractivity contribution < 1.29 is 4.79 Å². The lowest BCUT2D eigenvalue weighted by atomic mass is 9.95. The average Bonchev–Trinajstić information content (AvgIpc) is 3.07. The van der Waals surface area contributed by atoms with Crippen LogP contribution in [0.5, 0.6) is 0 Å². The number of rotatable bonds is 4. The first-order chi connectivity index (χ1) is 9.15. The van der Waals surface area contributed by atoms with Gasteiger partial charge in [-0.15, -0.1) is 0 Å². The summed E-state index contributed by atoms with van der Waals surface area (Å²) in [5.41, 5.74) is 1.41. The zero-order valence-electron chi connectivity index (χ0n) is 11.6. The molecule has 2 bridgehead atoms. The van der Waals surface area contributed by atoms with Crippen LogP contribution in [-0.4, -0.2) is 28.9 Å². The molecule has 1 amide bonds. The highest BCUT2D eigenvalue weighted by atomic mass is 32.1. The summed E-state index contributed by atoms with van der Waals surface area (Å²) < 4.78 is 0. The first-order valence-electron chi connectivity index (χ1n) is 7.22. The molecule has 0 aromatic carbocycles. The molecule has 2 saturated heterocycles. The fraction of sp³-hybridized carbons (Fsp3) is 0.667. The first kappa shape index (κ1) is 13.1. The molecular formula is C15H22N2OS. The SMILES string of the molecule is CC(C)C(=O)NC1CC2CCC1N2Cc1ccsc1. The van der Waals surface area contributed by atoms with E-state index >= 15 is 0 Å². The molecule has 4 heteroatoms. The van der Waals surface area contributed by atoms with Gasteiger partial charge in [-0.05, 0) is 41.7 Å². The fourth-order valence-corrected chi connectivity index (χ4v) is 4.11. The molecule has 2 aliphatic rings. The minimum Gasteiger partial charge on any atom is -0.352 e. The molecule has 19 heavy (non-hydrogen) atoms. The van der Waals surface area contributed by atoms with Crippen LogP contribution >= 0.6 is 11.3 Å². The molecule has 0 radical (unpaired) electrons. The molecule has 0 aliphatic carbocycles. The van der Waals surface area contributed by atoms with Gasteiger partial charge in [-0.1, -0.05) is 13.8 Å². The number of nitrogens with zero attached hydrogens (tertiary/aromatic N) is 1. The van der Waals surface area contributed by atoms with Crippen molar-refractivity contribution in [1.82, 2.24) is 10.2 Å². The van der Waals surface area contributed by atoms with E-state index in [4.69, 9.17) is 0 Å². The zero-order valence-corrected chi connectivity index (χ0v) is 12.5. The van der Waals surface area contributed by atoms with Crippen molar-refractivity contribution in [3.8, 4) is 0 Å². The maximum absolute atomic E-state index is 11.9. The van der Waals surface area contributed by atoms with Gasteiger partial charge in [0, 0.05) is 30.6 Å². The molecule has 0 spiro atoms. The Morgan fingerprint density at radius 3 is 3.05 bits per heavy atom. The Kier molecular flexibility index (Phi) is 3.63. The van der Waals surface area contributed by atoms with E-state index in [1.54, 1.807) is 11.3 Å². The largest absolute Gasteiger partial charge is 0.352 e. The van der Waals surface area contributed by atoms with Gasteiger partial charge in [-0.25, -0.2) is 0 Å². The highest BCUT2D eigenvalue weighted by Gasteiger charge is 2.46. The predicted molar refractivity (Wildman–Crippen MR) is 78.1 cm³/mol. The Morgan fingerprint density at radius 2 is 2.37 bits per heavy atom. The van der Waals surface area contributed by atoms with Crippen LogP contribution in [0.4, 0.5) is 0 Å². The van der Waals surface area contributed by atoms with E-state index in [2.05, 4.69) is 27.0 Å². The van der Waals surface area contributed by atoms with Crippen molar-refractivity contribution in [2.75, 3.05) is 0 Å². The highest BCUT2D eigenvalue weighted by molar-refractivity contribution is 7.07. The van der Waals surface area contributed by atoms with Gasteiger partial charge in [-0.2, -0.15) is 11.3 Å². The smallest absolute Gasteiger partial charge is 0.222 e. The molecule has 1 aromatic rings. The number of nitrogens with one attached hydrogen (secondary N) is 1. The van der Waals surface area contributed by atoms with Crippen molar-refractivity contribution in [2.24, 2.45) is 5.92 Å².